The molecule has 0 radical (unpaired) electrons. The maximum Gasteiger partial charge on any atom is 0.434 e. The van der Waals surface area contributed by atoms with Crippen molar-refractivity contribution in [1.82, 2.24) is 14.9 Å². The number of nitrogens with zero attached hydrogens (tertiary/aromatic N) is 3. The zero-order valence-corrected chi connectivity index (χ0v) is 12.6. The summed E-state index contributed by atoms with van der Waals surface area (Å²) in [6, 6.07) is 3.25. The molecule has 1 amide bonds. The van der Waals surface area contributed by atoms with Crippen LogP contribution >= 0.6 is 11.3 Å². The SMILES string of the molecule is CN(C)C(=O)/C=C/c1sc(-c2cccnc2)nc1C(F)(F)F. The van der Waals surface area contributed by atoms with Crippen LogP contribution in [0.2, 0.25) is 0 Å². The molecular weight excluding hydrogens is 315 g/mol. The number of thiazole rings is 1. The van der Waals surface area contributed by atoms with Crippen molar-refractivity contribution in [2.75, 3.05) is 14.1 Å². The maximum atomic E-state index is 13.1. The first-order valence-corrected chi connectivity index (χ1v) is 6.98. The molecule has 0 aliphatic heterocycles. The molecular formula is C14H12F3N3OS. The molecule has 0 saturated heterocycles. The third kappa shape index (κ3) is 3.70. The number of hydrogen-bond donors (Lipinski definition) is 0. The average Bonchev–Trinajstić information content (AvgIpc) is 2.90. The summed E-state index contributed by atoms with van der Waals surface area (Å²) in [4.78, 5) is 20.2. The number of pyridine rings is 1. The second kappa shape index (κ2) is 6.27. The number of likely N-dealkylation sites (N-methyl/N-ethyl adjacent to an activating group) is 1. The molecule has 0 aliphatic carbocycles. The fourth-order valence-corrected chi connectivity index (χ4v) is 2.53. The van der Waals surface area contributed by atoms with Crippen molar-refractivity contribution < 1.29 is 18.0 Å². The number of amides is 1. The lowest BCUT2D eigenvalue weighted by molar-refractivity contribution is -0.140. The molecule has 2 rings (SSSR count). The molecule has 2 heterocycles. The van der Waals surface area contributed by atoms with Crippen molar-refractivity contribution in [2.45, 2.75) is 6.18 Å². The van der Waals surface area contributed by atoms with Crippen LogP contribution in [0.5, 0.6) is 0 Å². The van der Waals surface area contributed by atoms with Gasteiger partial charge in [-0.05, 0) is 18.2 Å². The van der Waals surface area contributed by atoms with Gasteiger partial charge in [-0.2, -0.15) is 13.2 Å². The van der Waals surface area contributed by atoms with Crippen LogP contribution in [0.25, 0.3) is 16.6 Å². The van der Waals surface area contributed by atoms with Crippen molar-refractivity contribution in [2.24, 2.45) is 0 Å². The molecule has 22 heavy (non-hydrogen) atoms. The molecule has 4 nitrogen and oxygen atoms in total. The van der Waals surface area contributed by atoms with Crippen LogP contribution in [0.3, 0.4) is 0 Å². The zero-order valence-electron chi connectivity index (χ0n) is 11.8. The van der Waals surface area contributed by atoms with E-state index in [-0.39, 0.29) is 9.88 Å². The summed E-state index contributed by atoms with van der Waals surface area (Å²) in [5.74, 6) is -0.399. The van der Waals surface area contributed by atoms with E-state index >= 15 is 0 Å². The summed E-state index contributed by atoms with van der Waals surface area (Å²) >= 11 is 0.865. The minimum absolute atomic E-state index is 0.110. The van der Waals surface area contributed by atoms with Gasteiger partial charge in [0.05, 0.1) is 4.88 Å². The van der Waals surface area contributed by atoms with Crippen LogP contribution in [-0.2, 0) is 11.0 Å². The second-order valence-electron chi connectivity index (χ2n) is 4.54. The van der Waals surface area contributed by atoms with Gasteiger partial charge in [-0.25, -0.2) is 4.98 Å². The number of carbonyl (C=O) groups is 1. The van der Waals surface area contributed by atoms with E-state index in [0.29, 0.717) is 5.56 Å². The Morgan fingerprint density at radius 2 is 2.09 bits per heavy atom. The smallest absolute Gasteiger partial charge is 0.345 e. The monoisotopic (exact) mass is 327 g/mol. The third-order valence-electron chi connectivity index (χ3n) is 2.65. The highest BCUT2D eigenvalue weighted by atomic mass is 32.1. The van der Waals surface area contributed by atoms with E-state index < -0.39 is 17.8 Å². The number of halogens is 3. The fraction of sp³-hybridized carbons (Fsp3) is 0.214. The average molecular weight is 327 g/mol. The fourth-order valence-electron chi connectivity index (χ4n) is 1.56. The van der Waals surface area contributed by atoms with Gasteiger partial charge in [-0.15, -0.1) is 11.3 Å². The number of hydrogen-bond acceptors (Lipinski definition) is 4. The number of carbonyl (C=O) groups excluding carboxylic acids is 1. The lowest BCUT2D eigenvalue weighted by Gasteiger charge is -2.05. The van der Waals surface area contributed by atoms with Crippen molar-refractivity contribution in [3.05, 3.63) is 41.2 Å². The van der Waals surface area contributed by atoms with Gasteiger partial charge in [0.25, 0.3) is 0 Å². The quantitative estimate of drug-likeness (QED) is 0.813. The molecule has 0 saturated carbocycles. The number of alkyl halides is 3. The van der Waals surface area contributed by atoms with Crippen LogP contribution in [-0.4, -0.2) is 34.9 Å². The van der Waals surface area contributed by atoms with Crippen LogP contribution in [0, 0.1) is 0 Å². The topological polar surface area (TPSA) is 46.1 Å². The summed E-state index contributed by atoms with van der Waals surface area (Å²) in [6.45, 7) is 0. The van der Waals surface area contributed by atoms with E-state index in [1.165, 1.54) is 31.4 Å². The predicted molar refractivity (Wildman–Crippen MR) is 78.1 cm³/mol. The zero-order chi connectivity index (χ0) is 16.3. The first-order valence-electron chi connectivity index (χ1n) is 6.17. The minimum Gasteiger partial charge on any atom is -0.345 e. The summed E-state index contributed by atoms with van der Waals surface area (Å²) in [5.41, 5.74) is -0.504. The highest BCUT2D eigenvalue weighted by Gasteiger charge is 2.37. The molecule has 0 atom stereocenters. The van der Waals surface area contributed by atoms with E-state index in [2.05, 4.69) is 9.97 Å². The van der Waals surface area contributed by atoms with Crippen LogP contribution in [0.4, 0.5) is 13.2 Å². The van der Waals surface area contributed by atoms with Crippen molar-refractivity contribution in [3.8, 4) is 10.6 Å². The lowest BCUT2D eigenvalue weighted by atomic mass is 10.3. The Bertz CT molecular complexity index is 693. The number of aromatic nitrogens is 2. The molecule has 0 unspecified atom stereocenters. The van der Waals surface area contributed by atoms with E-state index in [1.807, 2.05) is 0 Å². The lowest BCUT2D eigenvalue weighted by Crippen LogP contribution is -2.18. The van der Waals surface area contributed by atoms with Crippen LogP contribution < -0.4 is 0 Å². The standard InChI is InChI=1S/C14H12F3N3OS/c1-20(2)11(21)6-5-10-12(14(15,16)17)19-13(22-10)9-4-3-7-18-8-9/h3-8H,1-2H3/b6-5+. The minimum atomic E-state index is -4.59. The summed E-state index contributed by atoms with van der Waals surface area (Å²) < 4.78 is 39.2. The van der Waals surface area contributed by atoms with E-state index in [1.54, 1.807) is 12.1 Å². The van der Waals surface area contributed by atoms with Gasteiger partial charge in [-0.3, -0.25) is 9.78 Å². The second-order valence-corrected chi connectivity index (χ2v) is 5.57. The van der Waals surface area contributed by atoms with Crippen LogP contribution in [0.15, 0.2) is 30.6 Å². The van der Waals surface area contributed by atoms with Gasteiger partial charge >= 0.3 is 6.18 Å². The highest BCUT2D eigenvalue weighted by Crippen LogP contribution is 2.38. The highest BCUT2D eigenvalue weighted by molar-refractivity contribution is 7.16. The molecule has 0 N–H and O–H groups in total. The van der Waals surface area contributed by atoms with Gasteiger partial charge in [-0.1, -0.05) is 0 Å². The normalized spacial score (nSPS) is 11.9. The Hall–Kier alpha value is -2.22. The van der Waals surface area contributed by atoms with Gasteiger partial charge in [0, 0.05) is 38.1 Å². The molecule has 0 aromatic carbocycles. The Kier molecular flexibility index (Phi) is 4.60. The molecule has 2 aromatic rings. The molecule has 0 spiro atoms. The van der Waals surface area contributed by atoms with Crippen molar-refractivity contribution >= 4 is 23.3 Å². The van der Waals surface area contributed by atoms with E-state index in [4.69, 9.17) is 0 Å². The molecule has 0 bridgehead atoms. The Morgan fingerprint density at radius 3 is 2.64 bits per heavy atom. The summed E-state index contributed by atoms with van der Waals surface area (Å²) in [6.07, 6.45) is 0.617. The van der Waals surface area contributed by atoms with E-state index in [9.17, 15) is 18.0 Å². The van der Waals surface area contributed by atoms with Gasteiger partial charge in [0.1, 0.15) is 5.01 Å². The van der Waals surface area contributed by atoms with E-state index in [0.717, 1.165) is 23.5 Å². The summed E-state index contributed by atoms with van der Waals surface area (Å²) in [7, 11) is 3.04. The third-order valence-corrected chi connectivity index (χ3v) is 3.72. The first-order chi connectivity index (χ1) is 10.3. The summed E-state index contributed by atoms with van der Waals surface area (Å²) in [5, 5.41) is 0.206. The molecule has 0 aliphatic rings. The largest absolute Gasteiger partial charge is 0.434 e. The first kappa shape index (κ1) is 16.2. The predicted octanol–water partition coefficient (Wildman–Crippen LogP) is 3.33. The maximum absolute atomic E-state index is 13.1. The Morgan fingerprint density at radius 1 is 1.36 bits per heavy atom. The van der Waals surface area contributed by atoms with Crippen molar-refractivity contribution in [3.63, 3.8) is 0 Å². The number of rotatable bonds is 3. The Labute approximate surface area is 128 Å². The molecule has 2 aromatic heterocycles. The van der Waals surface area contributed by atoms with Gasteiger partial charge in [0.2, 0.25) is 5.91 Å². The van der Waals surface area contributed by atoms with Gasteiger partial charge < -0.3 is 4.90 Å². The molecule has 116 valence electrons. The van der Waals surface area contributed by atoms with Crippen LogP contribution in [0.1, 0.15) is 10.6 Å². The molecule has 8 heteroatoms. The van der Waals surface area contributed by atoms with Gasteiger partial charge in [0.15, 0.2) is 5.69 Å². The molecule has 0 fully saturated rings. The van der Waals surface area contributed by atoms with Crippen molar-refractivity contribution in [1.29, 1.82) is 0 Å². The Balaban J connectivity index is 2.44.